The molecule has 22 heavy (non-hydrogen) atoms. The molecule has 0 bridgehead atoms. The molecule has 0 fully saturated rings. The lowest BCUT2D eigenvalue weighted by Gasteiger charge is -2.07. The largest absolute Gasteiger partial charge is 0.494 e. The second kappa shape index (κ2) is 7.26. The van der Waals surface area contributed by atoms with Gasteiger partial charge in [-0.25, -0.2) is 4.79 Å². The smallest absolute Gasteiger partial charge is 0.337 e. The van der Waals surface area contributed by atoms with Crippen LogP contribution in [-0.2, 0) is 4.74 Å². The van der Waals surface area contributed by atoms with Crippen LogP contribution in [0.25, 0.3) is 0 Å². The quantitative estimate of drug-likeness (QED) is 0.862. The number of rotatable bonds is 5. The summed E-state index contributed by atoms with van der Waals surface area (Å²) in [6.07, 6.45) is 0. The van der Waals surface area contributed by atoms with E-state index in [-0.39, 0.29) is 5.91 Å². The number of methoxy groups -OCH3 is 1. The second-order valence-corrected chi connectivity index (χ2v) is 4.48. The number of anilines is 1. The minimum atomic E-state index is -0.432. The van der Waals surface area contributed by atoms with Crippen LogP contribution in [0.2, 0.25) is 0 Å². The summed E-state index contributed by atoms with van der Waals surface area (Å²) in [4.78, 5) is 23.5. The lowest BCUT2D eigenvalue weighted by Crippen LogP contribution is -2.12. The van der Waals surface area contributed by atoms with E-state index in [9.17, 15) is 9.59 Å². The summed E-state index contributed by atoms with van der Waals surface area (Å²) >= 11 is 0. The van der Waals surface area contributed by atoms with Crippen molar-refractivity contribution in [2.24, 2.45) is 0 Å². The normalized spacial score (nSPS) is 9.91. The first-order valence-corrected chi connectivity index (χ1v) is 6.86. The summed E-state index contributed by atoms with van der Waals surface area (Å²) in [5.41, 5.74) is 1.53. The second-order valence-electron chi connectivity index (χ2n) is 4.48. The highest BCUT2D eigenvalue weighted by Gasteiger charge is 2.09. The van der Waals surface area contributed by atoms with Crippen LogP contribution in [0.15, 0.2) is 48.5 Å². The minimum Gasteiger partial charge on any atom is -0.494 e. The van der Waals surface area contributed by atoms with E-state index in [1.54, 1.807) is 48.5 Å². The van der Waals surface area contributed by atoms with E-state index >= 15 is 0 Å². The Balaban J connectivity index is 2.03. The Morgan fingerprint density at radius 2 is 1.55 bits per heavy atom. The van der Waals surface area contributed by atoms with Crippen molar-refractivity contribution in [1.82, 2.24) is 0 Å². The van der Waals surface area contributed by atoms with Crippen LogP contribution in [0.4, 0.5) is 5.69 Å². The SMILES string of the molecule is CCOc1ccc(NC(=O)c2ccc(C(=O)OC)cc2)cc1. The molecule has 0 saturated carbocycles. The number of hydrogen-bond acceptors (Lipinski definition) is 4. The molecule has 5 heteroatoms. The van der Waals surface area contributed by atoms with Crippen LogP contribution < -0.4 is 10.1 Å². The highest BCUT2D eigenvalue weighted by molar-refractivity contribution is 6.04. The van der Waals surface area contributed by atoms with Gasteiger partial charge in [0.15, 0.2) is 0 Å². The van der Waals surface area contributed by atoms with Crippen LogP contribution in [-0.4, -0.2) is 25.6 Å². The summed E-state index contributed by atoms with van der Waals surface area (Å²) in [6, 6.07) is 13.4. The van der Waals surface area contributed by atoms with E-state index in [1.807, 2.05) is 6.92 Å². The van der Waals surface area contributed by atoms with Gasteiger partial charge in [-0.05, 0) is 55.5 Å². The zero-order valence-electron chi connectivity index (χ0n) is 12.5. The van der Waals surface area contributed by atoms with Crippen LogP contribution in [0, 0.1) is 0 Å². The number of carbonyl (C=O) groups excluding carboxylic acids is 2. The molecule has 5 nitrogen and oxygen atoms in total. The summed E-state index contributed by atoms with van der Waals surface area (Å²) in [7, 11) is 1.31. The number of hydrogen-bond donors (Lipinski definition) is 1. The van der Waals surface area contributed by atoms with Crippen molar-refractivity contribution in [3.8, 4) is 5.75 Å². The third-order valence-electron chi connectivity index (χ3n) is 2.99. The molecule has 0 atom stereocenters. The maximum Gasteiger partial charge on any atom is 0.337 e. The molecule has 114 valence electrons. The monoisotopic (exact) mass is 299 g/mol. The van der Waals surface area contributed by atoms with E-state index in [4.69, 9.17) is 4.74 Å². The van der Waals surface area contributed by atoms with Gasteiger partial charge in [-0.2, -0.15) is 0 Å². The van der Waals surface area contributed by atoms with E-state index in [0.29, 0.717) is 23.4 Å². The van der Waals surface area contributed by atoms with E-state index in [1.165, 1.54) is 7.11 Å². The Bertz CT molecular complexity index is 647. The molecule has 2 rings (SSSR count). The van der Waals surface area contributed by atoms with Crippen LogP contribution in [0.5, 0.6) is 5.75 Å². The van der Waals surface area contributed by atoms with E-state index in [0.717, 1.165) is 5.75 Å². The number of amides is 1. The molecule has 0 spiro atoms. The first-order chi connectivity index (χ1) is 10.6. The Morgan fingerprint density at radius 1 is 0.955 bits per heavy atom. The fourth-order valence-electron chi connectivity index (χ4n) is 1.88. The Morgan fingerprint density at radius 3 is 2.09 bits per heavy atom. The zero-order chi connectivity index (χ0) is 15.9. The fraction of sp³-hybridized carbons (Fsp3) is 0.176. The molecule has 0 heterocycles. The van der Waals surface area contributed by atoms with Crippen molar-refractivity contribution < 1.29 is 19.1 Å². The molecule has 0 aliphatic heterocycles. The van der Waals surface area contributed by atoms with E-state index in [2.05, 4.69) is 10.1 Å². The number of nitrogens with one attached hydrogen (secondary N) is 1. The van der Waals surface area contributed by atoms with Gasteiger partial charge in [0.05, 0.1) is 19.3 Å². The van der Waals surface area contributed by atoms with Gasteiger partial charge in [0.25, 0.3) is 5.91 Å². The molecule has 0 aliphatic rings. The summed E-state index contributed by atoms with van der Waals surface area (Å²) in [5.74, 6) is 0.0713. The predicted octanol–water partition coefficient (Wildman–Crippen LogP) is 3.12. The molecule has 0 saturated heterocycles. The lowest BCUT2D eigenvalue weighted by molar-refractivity contribution is 0.0600. The summed E-state index contributed by atoms with van der Waals surface area (Å²) < 4.78 is 9.95. The zero-order valence-corrected chi connectivity index (χ0v) is 12.5. The number of benzene rings is 2. The van der Waals surface area contributed by atoms with Gasteiger partial charge in [-0.1, -0.05) is 0 Å². The van der Waals surface area contributed by atoms with Crippen molar-refractivity contribution in [1.29, 1.82) is 0 Å². The van der Waals surface area contributed by atoms with Crippen molar-refractivity contribution in [3.63, 3.8) is 0 Å². The average molecular weight is 299 g/mol. The summed E-state index contributed by atoms with van der Waals surface area (Å²) in [5, 5.41) is 2.78. The fourth-order valence-corrected chi connectivity index (χ4v) is 1.88. The molecule has 0 unspecified atom stereocenters. The predicted molar refractivity (Wildman–Crippen MR) is 83.3 cm³/mol. The molecule has 0 radical (unpaired) electrons. The maximum atomic E-state index is 12.1. The molecule has 2 aromatic carbocycles. The molecule has 1 N–H and O–H groups in total. The highest BCUT2D eigenvalue weighted by atomic mass is 16.5. The van der Waals surface area contributed by atoms with Crippen LogP contribution >= 0.6 is 0 Å². The third kappa shape index (κ3) is 3.85. The third-order valence-corrected chi connectivity index (χ3v) is 2.99. The summed E-state index contributed by atoms with van der Waals surface area (Å²) in [6.45, 7) is 2.51. The number of ether oxygens (including phenoxy) is 2. The van der Waals surface area contributed by atoms with Crippen molar-refractivity contribution in [3.05, 3.63) is 59.7 Å². The van der Waals surface area contributed by atoms with Crippen molar-refractivity contribution in [2.75, 3.05) is 19.0 Å². The van der Waals surface area contributed by atoms with Gasteiger partial charge < -0.3 is 14.8 Å². The number of carbonyl (C=O) groups is 2. The molecule has 2 aromatic rings. The Hall–Kier alpha value is -2.82. The molecule has 0 aromatic heterocycles. The van der Waals surface area contributed by atoms with Gasteiger partial charge in [-0.3, -0.25) is 4.79 Å². The highest BCUT2D eigenvalue weighted by Crippen LogP contribution is 2.16. The Labute approximate surface area is 128 Å². The van der Waals surface area contributed by atoms with E-state index < -0.39 is 5.97 Å². The van der Waals surface area contributed by atoms with Gasteiger partial charge in [0.2, 0.25) is 0 Å². The first-order valence-electron chi connectivity index (χ1n) is 6.86. The maximum absolute atomic E-state index is 12.1. The van der Waals surface area contributed by atoms with Crippen molar-refractivity contribution in [2.45, 2.75) is 6.92 Å². The van der Waals surface area contributed by atoms with Gasteiger partial charge >= 0.3 is 5.97 Å². The van der Waals surface area contributed by atoms with Crippen molar-refractivity contribution >= 4 is 17.6 Å². The standard InChI is InChI=1S/C17H17NO4/c1-3-22-15-10-8-14(9-11-15)18-16(19)12-4-6-13(7-5-12)17(20)21-2/h4-11H,3H2,1-2H3,(H,18,19). The van der Waals surface area contributed by atoms with Gasteiger partial charge in [0.1, 0.15) is 5.75 Å². The minimum absolute atomic E-state index is 0.249. The lowest BCUT2D eigenvalue weighted by atomic mass is 10.1. The van der Waals surface area contributed by atoms with Crippen LogP contribution in [0.1, 0.15) is 27.6 Å². The Kier molecular flexibility index (Phi) is 5.14. The van der Waals surface area contributed by atoms with Crippen LogP contribution in [0.3, 0.4) is 0 Å². The number of esters is 1. The molecular formula is C17H17NO4. The molecule has 1 amide bonds. The molecular weight excluding hydrogens is 282 g/mol. The van der Waals surface area contributed by atoms with Gasteiger partial charge in [-0.15, -0.1) is 0 Å². The topological polar surface area (TPSA) is 64.6 Å². The molecule has 0 aliphatic carbocycles. The van der Waals surface area contributed by atoms with Gasteiger partial charge in [0, 0.05) is 11.3 Å². The first kappa shape index (κ1) is 15.6. The average Bonchev–Trinajstić information content (AvgIpc) is 2.56.